The number of hydrogen-bond acceptors (Lipinski definition) is 6. The maximum Gasteiger partial charge on any atom is 0.324 e. The van der Waals surface area contributed by atoms with E-state index in [1.807, 2.05) is 0 Å². The summed E-state index contributed by atoms with van der Waals surface area (Å²) in [6.07, 6.45) is 1.41. The fourth-order valence-corrected chi connectivity index (χ4v) is 4.19. The molecule has 0 aromatic heterocycles. The molecule has 0 bridgehead atoms. The molecule has 1 aliphatic rings. The summed E-state index contributed by atoms with van der Waals surface area (Å²) < 4.78 is 46.2. The van der Waals surface area contributed by atoms with Gasteiger partial charge in [0.25, 0.3) is 0 Å². The summed E-state index contributed by atoms with van der Waals surface area (Å²) in [6, 6.07) is 3.01. The maximum atomic E-state index is 13.7. The van der Waals surface area contributed by atoms with E-state index in [0.29, 0.717) is 19.4 Å². The quantitative estimate of drug-likeness (QED) is 0.532. The van der Waals surface area contributed by atoms with E-state index in [1.54, 1.807) is 0 Å². The van der Waals surface area contributed by atoms with Crippen LogP contribution in [0.2, 0.25) is 0 Å². The van der Waals surface area contributed by atoms with E-state index in [4.69, 9.17) is 4.74 Å². The van der Waals surface area contributed by atoms with Crippen molar-refractivity contribution in [3.8, 4) is 0 Å². The van der Waals surface area contributed by atoms with Gasteiger partial charge in [-0.1, -0.05) is 6.07 Å². The van der Waals surface area contributed by atoms with Gasteiger partial charge in [0, 0.05) is 19.1 Å². The van der Waals surface area contributed by atoms with Crippen molar-refractivity contribution in [3.63, 3.8) is 0 Å². The minimum Gasteiger partial charge on any atom is -0.384 e. The Morgan fingerprint density at radius 1 is 1.40 bits per heavy atom. The zero-order chi connectivity index (χ0) is 17.8. The fraction of sp³-hybridized carbons (Fsp3) is 0.571. The van der Waals surface area contributed by atoms with Crippen molar-refractivity contribution >= 4 is 28.1 Å². The van der Waals surface area contributed by atoms with E-state index >= 15 is 0 Å². The van der Waals surface area contributed by atoms with E-state index in [2.05, 4.69) is 10.0 Å². The van der Waals surface area contributed by atoms with Gasteiger partial charge in [0.15, 0.2) is 4.90 Å². The molecular weight excluding hydrogens is 377 g/mol. The lowest BCUT2D eigenvalue weighted by Gasteiger charge is -2.37. The van der Waals surface area contributed by atoms with Crippen molar-refractivity contribution in [2.75, 3.05) is 33.4 Å². The summed E-state index contributed by atoms with van der Waals surface area (Å²) >= 11 is 0. The maximum absolute atomic E-state index is 13.7. The molecule has 1 fully saturated rings. The summed E-state index contributed by atoms with van der Waals surface area (Å²) in [5.74, 6) is -1.18. The smallest absolute Gasteiger partial charge is 0.324 e. The summed E-state index contributed by atoms with van der Waals surface area (Å²) in [5.41, 5.74) is -1.44. The number of ether oxygens (including phenoxy) is 1. The molecule has 0 aliphatic carbocycles. The molecule has 2 rings (SSSR count). The summed E-state index contributed by atoms with van der Waals surface area (Å²) in [4.78, 5) is 9.31. The van der Waals surface area contributed by atoms with E-state index in [0.717, 1.165) is 31.3 Å². The molecule has 0 spiro atoms. The number of rotatable bonds is 7. The zero-order valence-electron chi connectivity index (χ0n) is 13.7. The number of nitrogens with zero attached hydrogens (tertiary/aromatic N) is 1. The number of halogens is 2. The SMILES string of the molecule is COCC1(CNS(=O)(=O)c2cccc(F)c2[N+](=O)[O-])CCNCC1.Cl. The predicted molar refractivity (Wildman–Crippen MR) is 91.9 cm³/mol. The minimum atomic E-state index is -4.22. The number of nitro groups is 1. The molecule has 25 heavy (non-hydrogen) atoms. The average molecular weight is 398 g/mol. The van der Waals surface area contributed by atoms with E-state index < -0.39 is 36.8 Å². The van der Waals surface area contributed by atoms with E-state index in [-0.39, 0.29) is 19.0 Å². The standard InChI is InChI=1S/C14H20FN3O5S.ClH/c1-23-10-14(5-7-16-8-6-14)9-17-24(21,22)12-4-2-3-11(15)13(12)18(19)20;/h2-4,16-17H,5-10H2,1H3;1H. The van der Waals surface area contributed by atoms with Gasteiger partial charge in [-0.3, -0.25) is 10.1 Å². The number of nitrogens with one attached hydrogen (secondary N) is 2. The summed E-state index contributed by atoms with van der Waals surface area (Å²) in [7, 11) is -2.68. The molecule has 2 N–H and O–H groups in total. The van der Waals surface area contributed by atoms with Crippen molar-refractivity contribution in [2.45, 2.75) is 17.7 Å². The number of sulfonamides is 1. The molecule has 0 saturated carbocycles. The third-order valence-electron chi connectivity index (χ3n) is 4.17. The van der Waals surface area contributed by atoms with Gasteiger partial charge >= 0.3 is 5.69 Å². The molecule has 0 atom stereocenters. The summed E-state index contributed by atoms with van der Waals surface area (Å²) in [6.45, 7) is 1.89. The highest BCUT2D eigenvalue weighted by Gasteiger charge is 2.35. The van der Waals surface area contributed by atoms with Crippen LogP contribution in [0.15, 0.2) is 23.1 Å². The number of nitro benzene ring substituents is 1. The first-order valence-corrected chi connectivity index (χ1v) is 8.92. The number of hydrogen-bond donors (Lipinski definition) is 2. The van der Waals surface area contributed by atoms with Crippen molar-refractivity contribution in [2.24, 2.45) is 5.41 Å². The molecule has 1 heterocycles. The van der Waals surface area contributed by atoms with Crippen LogP contribution < -0.4 is 10.0 Å². The van der Waals surface area contributed by atoms with Gasteiger partial charge in [0.1, 0.15) is 0 Å². The number of para-hydroxylation sites is 1. The third-order valence-corrected chi connectivity index (χ3v) is 5.61. The lowest BCUT2D eigenvalue weighted by molar-refractivity contribution is -0.390. The number of methoxy groups -OCH3 is 1. The number of benzene rings is 1. The van der Waals surface area contributed by atoms with Crippen LogP contribution in [0.5, 0.6) is 0 Å². The Bertz CT molecular complexity index is 705. The number of piperidine rings is 1. The molecule has 1 aliphatic heterocycles. The van der Waals surface area contributed by atoms with Crippen LogP contribution in [-0.2, 0) is 14.8 Å². The van der Waals surface area contributed by atoms with Crippen LogP contribution in [0.25, 0.3) is 0 Å². The van der Waals surface area contributed by atoms with Crippen LogP contribution >= 0.6 is 12.4 Å². The highest BCUT2D eigenvalue weighted by Crippen LogP contribution is 2.30. The first kappa shape index (κ1) is 21.7. The van der Waals surface area contributed by atoms with Gasteiger partial charge in [-0.05, 0) is 38.1 Å². The highest BCUT2D eigenvalue weighted by atomic mass is 35.5. The molecule has 0 unspecified atom stereocenters. The van der Waals surface area contributed by atoms with Crippen molar-refractivity contribution < 1.29 is 22.5 Å². The second-order valence-electron chi connectivity index (χ2n) is 5.85. The van der Waals surface area contributed by atoms with Gasteiger partial charge < -0.3 is 10.1 Å². The van der Waals surface area contributed by atoms with Crippen molar-refractivity contribution in [3.05, 3.63) is 34.1 Å². The molecule has 1 aromatic rings. The largest absolute Gasteiger partial charge is 0.384 e. The summed E-state index contributed by atoms with van der Waals surface area (Å²) in [5, 5.41) is 14.2. The van der Waals surface area contributed by atoms with Gasteiger partial charge in [0.05, 0.1) is 11.5 Å². The van der Waals surface area contributed by atoms with Crippen LogP contribution in [0.4, 0.5) is 10.1 Å². The van der Waals surface area contributed by atoms with E-state index in [1.165, 1.54) is 7.11 Å². The molecule has 1 aromatic carbocycles. The first-order chi connectivity index (χ1) is 11.3. The Kier molecular flexibility index (Phi) is 7.69. The van der Waals surface area contributed by atoms with Crippen LogP contribution in [0.3, 0.4) is 0 Å². The van der Waals surface area contributed by atoms with Gasteiger partial charge in [-0.2, -0.15) is 4.39 Å². The average Bonchev–Trinajstić information content (AvgIpc) is 2.54. The van der Waals surface area contributed by atoms with Crippen LogP contribution in [0, 0.1) is 21.3 Å². The molecule has 0 amide bonds. The van der Waals surface area contributed by atoms with Crippen molar-refractivity contribution in [1.82, 2.24) is 10.0 Å². The first-order valence-electron chi connectivity index (χ1n) is 7.44. The second-order valence-corrected chi connectivity index (χ2v) is 7.59. The lowest BCUT2D eigenvalue weighted by Crippen LogP contribution is -2.47. The van der Waals surface area contributed by atoms with Gasteiger partial charge in [-0.25, -0.2) is 13.1 Å². The molecule has 0 radical (unpaired) electrons. The second kappa shape index (κ2) is 8.86. The Labute approximate surface area is 151 Å². The molecule has 1 saturated heterocycles. The minimum absolute atomic E-state index is 0. The monoisotopic (exact) mass is 397 g/mol. The normalized spacial score (nSPS) is 16.9. The molecule has 11 heteroatoms. The lowest BCUT2D eigenvalue weighted by atomic mass is 9.80. The molecular formula is C14H21ClFN3O5S. The predicted octanol–water partition coefficient (Wildman–Crippen LogP) is 1.45. The van der Waals surface area contributed by atoms with E-state index in [9.17, 15) is 22.9 Å². The fourth-order valence-electron chi connectivity index (χ4n) is 2.85. The Balaban J connectivity index is 0.00000312. The zero-order valence-corrected chi connectivity index (χ0v) is 15.3. The Morgan fingerprint density at radius 2 is 2.04 bits per heavy atom. The highest BCUT2D eigenvalue weighted by molar-refractivity contribution is 7.89. The van der Waals surface area contributed by atoms with Gasteiger partial charge in [-0.15, -0.1) is 12.4 Å². The third kappa shape index (κ3) is 5.08. The Morgan fingerprint density at radius 3 is 2.60 bits per heavy atom. The van der Waals surface area contributed by atoms with Crippen LogP contribution in [0.1, 0.15) is 12.8 Å². The Hall–Kier alpha value is -1.33. The topological polar surface area (TPSA) is 111 Å². The molecule has 8 nitrogen and oxygen atoms in total. The van der Waals surface area contributed by atoms with Crippen LogP contribution in [-0.4, -0.2) is 46.7 Å². The van der Waals surface area contributed by atoms with Crippen molar-refractivity contribution in [1.29, 1.82) is 0 Å². The molecule has 142 valence electrons. The van der Waals surface area contributed by atoms with Gasteiger partial charge in [0.2, 0.25) is 15.8 Å².